The van der Waals surface area contributed by atoms with E-state index in [1.54, 1.807) is 7.11 Å². The zero-order valence-corrected chi connectivity index (χ0v) is 15.7. The molecule has 0 saturated carbocycles. The number of hydrogen-bond donors (Lipinski definition) is 1. The first-order valence-corrected chi connectivity index (χ1v) is 9.20. The summed E-state index contributed by atoms with van der Waals surface area (Å²) in [5, 5.41) is 3.50. The quantitative estimate of drug-likeness (QED) is 0.848. The number of benzene rings is 1. The summed E-state index contributed by atoms with van der Waals surface area (Å²) in [4.78, 5) is 2.58. The van der Waals surface area contributed by atoms with E-state index < -0.39 is 0 Å². The molecule has 5 heteroatoms. The van der Waals surface area contributed by atoms with E-state index in [0.29, 0.717) is 11.3 Å². The highest BCUT2D eigenvalue weighted by molar-refractivity contribution is 9.10. The van der Waals surface area contributed by atoms with Crippen molar-refractivity contribution in [2.45, 2.75) is 19.4 Å². The van der Waals surface area contributed by atoms with Crippen molar-refractivity contribution >= 4 is 15.9 Å². The fourth-order valence-electron chi connectivity index (χ4n) is 4.30. The highest BCUT2D eigenvalue weighted by Gasteiger charge is 2.46. The molecule has 4 nitrogen and oxygen atoms in total. The van der Waals surface area contributed by atoms with Gasteiger partial charge >= 0.3 is 0 Å². The highest BCUT2D eigenvalue weighted by Crippen LogP contribution is 2.44. The van der Waals surface area contributed by atoms with Crippen LogP contribution in [0.1, 0.15) is 18.4 Å². The van der Waals surface area contributed by atoms with Gasteiger partial charge in [-0.3, -0.25) is 4.90 Å². The summed E-state index contributed by atoms with van der Waals surface area (Å²) in [5.74, 6) is 1.61. The summed E-state index contributed by atoms with van der Waals surface area (Å²) < 4.78 is 12.2. The molecule has 128 valence electrons. The molecule has 0 amide bonds. The van der Waals surface area contributed by atoms with Gasteiger partial charge in [0.05, 0.1) is 13.7 Å². The standard InChI is InChI=1S/C18H27BrN2O2/c1-22-12-15-11-21(13-18(15)5-7-20-8-6-18)10-14-9-16(19)3-4-17(14)23-2/h3-4,9,15,20H,5-8,10-13H2,1-2H3. The van der Waals surface area contributed by atoms with Crippen molar-refractivity contribution in [3.05, 3.63) is 28.2 Å². The Hall–Kier alpha value is -0.620. The van der Waals surface area contributed by atoms with E-state index in [0.717, 1.165) is 43.0 Å². The van der Waals surface area contributed by atoms with Gasteiger partial charge in [-0.05, 0) is 49.5 Å². The van der Waals surface area contributed by atoms with Crippen LogP contribution in [0, 0.1) is 11.3 Å². The highest BCUT2D eigenvalue weighted by atomic mass is 79.9. The van der Waals surface area contributed by atoms with Gasteiger partial charge in [0.25, 0.3) is 0 Å². The molecule has 1 unspecified atom stereocenters. The lowest BCUT2D eigenvalue weighted by Gasteiger charge is -2.38. The first-order valence-electron chi connectivity index (χ1n) is 8.41. The monoisotopic (exact) mass is 382 g/mol. The maximum Gasteiger partial charge on any atom is 0.123 e. The normalized spacial score (nSPS) is 24.2. The van der Waals surface area contributed by atoms with Crippen LogP contribution >= 0.6 is 15.9 Å². The Morgan fingerprint density at radius 1 is 1.30 bits per heavy atom. The first kappa shape index (κ1) is 17.2. The fraction of sp³-hybridized carbons (Fsp3) is 0.667. The summed E-state index contributed by atoms with van der Waals surface area (Å²) in [6.45, 7) is 6.36. The minimum atomic E-state index is 0.417. The average molecular weight is 383 g/mol. The Morgan fingerprint density at radius 3 is 2.78 bits per heavy atom. The molecule has 2 fully saturated rings. The number of likely N-dealkylation sites (tertiary alicyclic amines) is 1. The number of nitrogens with one attached hydrogen (secondary N) is 1. The molecular weight excluding hydrogens is 356 g/mol. The van der Waals surface area contributed by atoms with Gasteiger partial charge < -0.3 is 14.8 Å². The molecule has 0 aromatic heterocycles. The number of piperidine rings is 1. The Kier molecular flexibility index (Phi) is 5.62. The van der Waals surface area contributed by atoms with E-state index >= 15 is 0 Å². The van der Waals surface area contributed by atoms with Gasteiger partial charge in [-0.2, -0.15) is 0 Å². The fourth-order valence-corrected chi connectivity index (χ4v) is 4.71. The molecule has 1 N–H and O–H groups in total. The van der Waals surface area contributed by atoms with Crippen molar-refractivity contribution in [1.82, 2.24) is 10.2 Å². The van der Waals surface area contributed by atoms with Crippen molar-refractivity contribution in [2.24, 2.45) is 11.3 Å². The van der Waals surface area contributed by atoms with Gasteiger partial charge in [0.1, 0.15) is 5.75 Å². The topological polar surface area (TPSA) is 33.7 Å². The van der Waals surface area contributed by atoms with Crippen molar-refractivity contribution in [2.75, 3.05) is 47.0 Å². The maximum absolute atomic E-state index is 5.54. The van der Waals surface area contributed by atoms with Gasteiger partial charge in [0, 0.05) is 42.7 Å². The van der Waals surface area contributed by atoms with Crippen molar-refractivity contribution in [3.63, 3.8) is 0 Å². The van der Waals surface area contributed by atoms with Crippen LogP contribution in [0.25, 0.3) is 0 Å². The molecule has 23 heavy (non-hydrogen) atoms. The van der Waals surface area contributed by atoms with Crippen LogP contribution in [0.2, 0.25) is 0 Å². The molecule has 0 bridgehead atoms. The van der Waals surface area contributed by atoms with Crippen LogP contribution in [-0.4, -0.2) is 51.9 Å². The van der Waals surface area contributed by atoms with Gasteiger partial charge in [0.15, 0.2) is 0 Å². The first-order chi connectivity index (χ1) is 11.2. The maximum atomic E-state index is 5.54. The summed E-state index contributed by atoms with van der Waals surface area (Å²) in [7, 11) is 3.58. The third-order valence-electron chi connectivity index (χ3n) is 5.49. The molecule has 2 heterocycles. The minimum Gasteiger partial charge on any atom is -0.496 e. The van der Waals surface area contributed by atoms with Crippen LogP contribution in [0.5, 0.6) is 5.75 Å². The molecule has 2 aliphatic heterocycles. The molecule has 2 aliphatic rings. The van der Waals surface area contributed by atoms with Gasteiger partial charge in [-0.1, -0.05) is 15.9 Å². The largest absolute Gasteiger partial charge is 0.496 e. The van der Waals surface area contributed by atoms with E-state index in [9.17, 15) is 0 Å². The van der Waals surface area contributed by atoms with Crippen molar-refractivity contribution in [3.8, 4) is 5.75 Å². The second kappa shape index (κ2) is 7.51. The summed E-state index contributed by atoms with van der Waals surface area (Å²) in [5.41, 5.74) is 1.67. The number of ether oxygens (including phenoxy) is 2. The van der Waals surface area contributed by atoms with Crippen molar-refractivity contribution < 1.29 is 9.47 Å². The molecular formula is C18H27BrN2O2. The smallest absolute Gasteiger partial charge is 0.123 e. The molecule has 3 rings (SSSR count). The van der Waals surface area contributed by atoms with E-state index in [2.05, 4.69) is 32.2 Å². The molecule has 1 atom stereocenters. The Balaban J connectivity index is 1.75. The van der Waals surface area contributed by atoms with Gasteiger partial charge in [-0.15, -0.1) is 0 Å². The Labute approximate surface area is 147 Å². The Morgan fingerprint density at radius 2 is 2.09 bits per heavy atom. The van der Waals surface area contributed by atoms with Crippen molar-refractivity contribution in [1.29, 1.82) is 0 Å². The third kappa shape index (κ3) is 3.73. The Bertz CT molecular complexity index is 532. The lowest BCUT2D eigenvalue weighted by molar-refractivity contribution is 0.0716. The predicted molar refractivity (Wildman–Crippen MR) is 95.9 cm³/mol. The lowest BCUT2D eigenvalue weighted by Crippen LogP contribution is -2.43. The van der Waals surface area contributed by atoms with E-state index in [-0.39, 0.29) is 0 Å². The molecule has 1 aromatic carbocycles. The van der Waals surface area contributed by atoms with Gasteiger partial charge in [0.2, 0.25) is 0 Å². The summed E-state index contributed by atoms with van der Waals surface area (Å²) in [6, 6.07) is 6.26. The average Bonchev–Trinajstić information content (AvgIpc) is 2.85. The molecule has 1 aromatic rings. The minimum absolute atomic E-state index is 0.417. The van der Waals surface area contributed by atoms with Crippen LogP contribution in [0.3, 0.4) is 0 Å². The third-order valence-corrected chi connectivity index (χ3v) is 5.98. The zero-order valence-electron chi connectivity index (χ0n) is 14.1. The van der Waals surface area contributed by atoms with E-state index in [1.807, 2.05) is 19.2 Å². The second-order valence-corrected chi connectivity index (χ2v) is 7.81. The van der Waals surface area contributed by atoms with Crippen LogP contribution in [0.4, 0.5) is 0 Å². The zero-order chi connectivity index (χ0) is 16.3. The van der Waals surface area contributed by atoms with Gasteiger partial charge in [-0.25, -0.2) is 0 Å². The van der Waals surface area contributed by atoms with Crippen LogP contribution in [0.15, 0.2) is 22.7 Å². The number of halogens is 1. The SMILES string of the molecule is COCC1CN(Cc2cc(Br)ccc2OC)CC12CCNCC2. The van der Waals surface area contributed by atoms with E-state index in [1.165, 1.54) is 24.9 Å². The summed E-state index contributed by atoms with van der Waals surface area (Å²) >= 11 is 3.58. The molecule has 0 aliphatic carbocycles. The molecule has 0 radical (unpaired) electrons. The van der Waals surface area contributed by atoms with Crippen LogP contribution in [-0.2, 0) is 11.3 Å². The van der Waals surface area contributed by atoms with Crippen LogP contribution < -0.4 is 10.1 Å². The predicted octanol–water partition coefficient (Wildman–Crippen LogP) is 2.91. The summed E-state index contributed by atoms with van der Waals surface area (Å²) in [6.07, 6.45) is 2.51. The number of hydrogen-bond acceptors (Lipinski definition) is 4. The number of methoxy groups -OCH3 is 2. The molecule has 2 saturated heterocycles. The lowest BCUT2D eigenvalue weighted by atomic mass is 9.71. The van der Waals surface area contributed by atoms with E-state index in [4.69, 9.17) is 9.47 Å². The second-order valence-electron chi connectivity index (χ2n) is 6.89. The number of nitrogens with zero attached hydrogens (tertiary/aromatic N) is 1. The molecule has 1 spiro atoms. The number of rotatable bonds is 5.